The third-order valence-electron chi connectivity index (χ3n) is 2.63. The van der Waals surface area contributed by atoms with E-state index in [4.69, 9.17) is 4.74 Å². The second-order valence-electron chi connectivity index (χ2n) is 4.12. The van der Waals surface area contributed by atoms with Crippen molar-refractivity contribution >= 4 is 33.3 Å². The molecule has 5 nitrogen and oxygen atoms in total. The van der Waals surface area contributed by atoms with Crippen LogP contribution in [0.1, 0.15) is 13.8 Å². The molecule has 7 heteroatoms. The Morgan fingerprint density at radius 3 is 2.67 bits per heavy atom. The van der Waals surface area contributed by atoms with Gasteiger partial charge in [-0.3, -0.25) is 0 Å². The zero-order chi connectivity index (χ0) is 15.2. The average Bonchev–Trinajstić information content (AvgIpc) is 2.46. The van der Waals surface area contributed by atoms with Crippen molar-refractivity contribution in [2.45, 2.75) is 13.8 Å². The van der Waals surface area contributed by atoms with Crippen LogP contribution in [0.25, 0.3) is 0 Å². The zero-order valence-electron chi connectivity index (χ0n) is 11.8. The van der Waals surface area contributed by atoms with Gasteiger partial charge >= 0.3 is 0 Å². The van der Waals surface area contributed by atoms with E-state index in [1.807, 2.05) is 13.8 Å². The predicted molar refractivity (Wildman–Crippen MR) is 84.7 cm³/mol. The van der Waals surface area contributed by atoms with Crippen LogP contribution in [-0.4, -0.2) is 23.1 Å². The molecular formula is C14H16BrFN4O. The summed E-state index contributed by atoms with van der Waals surface area (Å²) >= 11 is 3.43. The lowest BCUT2D eigenvalue weighted by Crippen LogP contribution is -2.04. The fourth-order valence-electron chi connectivity index (χ4n) is 1.74. The number of benzene rings is 1. The van der Waals surface area contributed by atoms with Gasteiger partial charge in [-0.05, 0) is 41.9 Å². The number of nitrogens with one attached hydrogen (secondary N) is 2. The minimum absolute atomic E-state index is 0.234. The molecule has 1 aromatic carbocycles. The average molecular weight is 355 g/mol. The number of aromatic nitrogens is 2. The van der Waals surface area contributed by atoms with Crippen molar-refractivity contribution in [3.8, 4) is 5.75 Å². The van der Waals surface area contributed by atoms with E-state index in [0.717, 1.165) is 6.54 Å². The Kier molecular flexibility index (Phi) is 5.32. The highest BCUT2D eigenvalue weighted by molar-refractivity contribution is 9.10. The molecule has 0 radical (unpaired) electrons. The van der Waals surface area contributed by atoms with Gasteiger partial charge < -0.3 is 15.4 Å². The van der Waals surface area contributed by atoms with E-state index in [-0.39, 0.29) is 5.75 Å². The number of ether oxygens (including phenoxy) is 1. The molecule has 1 heterocycles. The minimum Gasteiger partial charge on any atom is -0.491 e. The van der Waals surface area contributed by atoms with Crippen LogP contribution >= 0.6 is 15.9 Å². The topological polar surface area (TPSA) is 59.1 Å². The van der Waals surface area contributed by atoms with E-state index >= 15 is 0 Å². The van der Waals surface area contributed by atoms with Crippen LogP contribution in [0.5, 0.6) is 5.75 Å². The van der Waals surface area contributed by atoms with Crippen LogP contribution in [-0.2, 0) is 0 Å². The minimum atomic E-state index is -0.418. The molecule has 0 saturated heterocycles. The summed E-state index contributed by atoms with van der Waals surface area (Å²) in [6.45, 7) is 4.95. The zero-order valence-corrected chi connectivity index (χ0v) is 13.4. The summed E-state index contributed by atoms with van der Waals surface area (Å²) in [5, 5.41) is 6.15. The molecule has 0 aliphatic heterocycles. The highest BCUT2D eigenvalue weighted by atomic mass is 79.9. The van der Waals surface area contributed by atoms with E-state index < -0.39 is 5.82 Å². The van der Waals surface area contributed by atoms with Gasteiger partial charge in [0.1, 0.15) is 22.4 Å². The predicted octanol–water partition coefficient (Wildman–Crippen LogP) is 3.95. The fraction of sp³-hybridized carbons (Fsp3) is 0.286. The summed E-state index contributed by atoms with van der Waals surface area (Å²) in [5.74, 6) is 1.06. The molecule has 0 amide bonds. The number of anilines is 3. The third kappa shape index (κ3) is 3.81. The van der Waals surface area contributed by atoms with E-state index in [1.165, 1.54) is 12.4 Å². The number of halogens is 2. The van der Waals surface area contributed by atoms with Crippen molar-refractivity contribution in [3.63, 3.8) is 0 Å². The summed E-state index contributed by atoms with van der Waals surface area (Å²) in [4.78, 5) is 8.27. The van der Waals surface area contributed by atoms with Crippen molar-refractivity contribution in [1.29, 1.82) is 0 Å². The molecule has 0 spiro atoms. The van der Waals surface area contributed by atoms with Gasteiger partial charge in [0.2, 0.25) is 0 Å². The molecule has 0 saturated carbocycles. The Morgan fingerprint density at radius 2 is 2.00 bits per heavy atom. The van der Waals surface area contributed by atoms with Gasteiger partial charge in [0.15, 0.2) is 11.6 Å². The van der Waals surface area contributed by atoms with E-state index in [9.17, 15) is 4.39 Å². The van der Waals surface area contributed by atoms with Crippen molar-refractivity contribution < 1.29 is 9.13 Å². The van der Waals surface area contributed by atoms with Gasteiger partial charge in [-0.2, -0.15) is 0 Å². The highest BCUT2D eigenvalue weighted by Gasteiger charge is 2.10. The normalized spacial score (nSPS) is 10.3. The van der Waals surface area contributed by atoms with Gasteiger partial charge in [-0.15, -0.1) is 0 Å². The summed E-state index contributed by atoms with van der Waals surface area (Å²) in [5.41, 5.74) is 0.581. The van der Waals surface area contributed by atoms with Crippen molar-refractivity contribution in [2.24, 2.45) is 0 Å². The maximum atomic E-state index is 13.8. The van der Waals surface area contributed by atoms with Crippen molar-refractivity contribution in [2.75, 3.05) is 23.8 Å². The molecule has 0 aliphatic rings. The third-order valence-corrected chi connectivity index (χ3v) is 3.38. The molecule has 112 valence electrons. The molecule has 2 aromatic rings. The number of hydrogen-bond acceptors (Lipinski definition) is 5. The number of nitrogens with zero attached hydrogens (tertiary/aromatic N) is 2. The molecule has 1 aromatic heterocycles. The Balaban J connectivity index is 2.22. The summed E-state index contributed by atoms with van der Waals surface area (Å²) in [6, 6.07) is 4.68. The first kappa shape index (κ1) is 15.5. The van der Waals surface area contributed by atoms with Gasteiger partial charge in [0, 0.05) is 18.3 Å². The van der Waals surface area contributed by atoms with Crippen molar-refractivity contribution in [1.82, 2.24) is 9.97 Å². The Labute approximate surface area is 131 Å². The molecule has 2 rings (SSSR count). The first-order valence-corrected chi connectivity index (χ1v) is 7.38. The molecule has 0 bridgehead atoms. The molecule has 2 N–H and O–H groups in total. The molecule has 0 fully saturated rings. The SMILES string of the molecule is CCNc1ncnc(Nc2ccc(OCC)c(F)c2)c1Br. The Morgan fingerprint density at radius 1 is 1.24 bits per heavy atom. The largest absolute Gasteiger partial charge is 0.491 e. The molecule has 0 aliphatic carbocycles. The van der Waals surface area contributed by atoms with E-state index in [0.29, 0.717) is 28.4 Å². The number of hydrogen-bond donors (Lipinski definition) is 2. The summed E-state index contributed by atoms with van der Waals surface area (Å²) in [7, 11) is 0. The van der Waals surface area contributed by atoms with Crippen LogP contribution < -0.4 is 15.4 Å². The lowest BCUT2D eigenvalue weighted by Gasteiger charge is -2.12. The Bertz CT molecular complexity index is 624. The van der Waals surface area contributed by atoms with Crippen LogP contribution in [0.15, 0.2) is 29.0 Å². The maximum absolute atomic E-state index is 13.8. The van der Waals surface area contributed by atoms with Gasteiger partial charge in [0.05, 0.1) is 6.61 Å². The summed E-state index contributed by atoms with van der Waals surface area (Å²) in [6.07, 6.45) is 1.44. The van der Waals surface area contributed by atoms with Crippen LogP contribution in [0.3, 0.4) is 0 Å². The monoisotopic (exact) mass is 354 g/mol. The smallest absolute Gasteiger partial charge is 0.167 e. The van der Waals surface area contributed by atoms with Gasteiger partial charge in [0.25, 0.3) is 0 Å². The fourth-order valence-corrected chi connectivity index (χ4v) is 2.18. The molecular weight excluding hydrogens is 339 g/mol. The van der Waals surface area contributed by atoms with E-state index in [1.54, 1.807) is 12.1 Å². The quantitative estimate of drug-likeness (QED) is 0.822. The Hall–Kier alpha value is -1.89. The maximum Gasteiger partial charge on any atom is 0.167 e. The number of rotatable bonds is 6. The van der Waals surface area contributed by atoms with Crippen LogP contribution in [0.2, 0.25) is 0 Å². The lowest BCUT2D eigenvalue weighted by atomic mass is 10.3. The standard InChI is InChI=1S/C14H16BrFN4O/c1-3-17-13-12(15)14(19-8-18-13)20-9-5-6-11(21-4-2)10(16)7-9/h5-8H,3-4H2,1-2H3,(H2,17,18,19,20). The first-order chi connectivity index (χ1) is 10.2. The first-order valence-electron chi connectivity index (χ1n) is 6.59. The molecule has 21 heavy (non-hydrogen) atoms. The van der Waals surface area contributed by atoms with Crippen LogP contribution in [0.4, 0.5) is 21.7 Å². The lowest BCUT2D eigenvalue weighted by molar-refractivity contribution is 0.321. The summed E-state index contributed by atoms with van der Waals surface area (Å²) < 4.78 is 19.7. The second-order valence-corrected chi connectivity index (χ2v) is 4.91. The van der Waals surface area contributed by atoms with Crippen molar-refractivity contribution in [3.05, 3.63) is 34.8 Å². The van der Waals surface area contributed by atoms with Crippen LogP contribution in [0, 0.1) is 5.82 Å². The van der Waals surface area contributed by atoms with Gasteiger partial charge in [-0.25, -0.2) is 14.4 Å². The second kappa shape index (κ2) is 7.21. The highest BCUT2D eigenvalue weighted by Crippen LogP contribution is 2.30. The molecule has 0 atom stereocenters. The molecule has 0 unspecified atom stereocenters. The van der Waals surface area contributed by atoms with Gasteiger partial charge in [-0.1, -0.05) is 0 Å². The van der Waals surface area contributed by atoms with E-state index in [2.05, 4.69) is 36.5 Å².